The fourth-order valence-corrected chi connectivity index (χ4v) is 5.06. The van der Waals surface area contributed by atoms with Crippen molar-refractivity contribution < 1.29 is 14.3 Å². The van der Waals surface area contributed by atoms with Crippen LogP contribution in [0.2, 0.25) is 0 Å². The molecule has 0 saturated carbocycles. The minimum absolute atomic E-state index is 0.222. The highest BCUT2D eigenvalue weighted by atomic mass is 32.1. The third-order valence-electron chi connectivity index (χ3n) is 5.58. The first-order valence-corrected chi connectivity index (χ1v) is 11.3. The molecule has 9 nitrogen and oxygen atoms in total. The standard InChI is InChI=1S/C23H19BN6O3S/c1-25-21(31)12-5-8-17(15(24)10-12)30-19-14(18(29-30)13-4-3-9-26-11-13)6-7-16-20(19)34-22(27-16)28-23(32)33-2/h3-5,8-11H,6-7H2,1-2H3,(H,25,31)(H,27,28,32). The number of hydrogen-bond donors (Lipinski definition) is 2. The highest BCUT2D eigenvalue weighted by Gasteiger charge is 2.30. The van der Waals surface area contributed by atoms with Gasteiger partial charge >= 0.3 is 6.09 Å². The molecule has 4 aromatic rings. The van der Waals surface area contributed by atoms with Crippen LogP contribution in [0.5, 0.6) is 0 Å². The van der Waals surface area contributed by atoms with Crippen LogP contribution in [0.3, 0.4) is 0 Å². The number of carbonyl (C=O) groups excluding carboxylic acids is 2. The van der Waals surface area contributed by atoms with Crippen molar-refractivity contribution in [3.05, 3.63) is 59.5 Å². The molecule has 5 rings (SSSR count). The Bertz CT molecular complexity index is 1420. The lowest BCUT2D eigenvalue weighted by atomic mass is 9.91. The number of benzene rings is 1. The number of hydrogen-bond acceptors (Lipinski definition) is 7. The smallest absolute Gasteiger partial charge is 0.413 e. The van der Waals surface area contributed by atoms with Crippen molar-refractivity contribution in [2.45, 2.75) is 12.8 Å². The molecule has 0 fully saturated rings. The molecule has 168 valence electrons. The van der Waals surface area contributed by atoms with Crippen LogP contribution in [0.1, 0.15) is 21.6 Å². The zero-order valence-corrected chi connectivity index (χ0v) is 19.3. The van der Waals surface area contributed by atoms with Crippen molar-refractivity contribution in [3.63, 3.8) is 0 Å². The Morgan fingerprint density at radius 2 is 2.09 bits per heavy atom. The molecule has 0 spiro atoms. The largest absolute Gasteiger partial charge is 0.453 e. The molecule has 3 aromatic heterocycles. The number of amides is 2. The van der Waals surface area contributed by atoms with E-state index in [0.717, 1.165) is 33.1 Å². The average Bonchev–Trinajstić information content (AvgIpc) is 3.44. The molecular formula is C23H19BN6O3S. The van der Waals surface area contributed by atoms with Gasteiger partial charge in [0.1, 0.15) is 7.85 Å². The molecule has 0 saturated heterocycles. The average molecular weight is 470 g/mol. The van der Waals surface area contributed by atoms with E-state index < -0.39 is 6.09 Å². The number of rotatable bonds is 4. The third kappa shape index (κ3) is 3.73. The molecule has 3 heterocycles. The molecule has 2 N–H and O–H groups in total. The Kier molecular flexibility index (Phi) is 5.62. The lowest BCUT2D eigenvalue weighted by molar-refractivity contribution is 0.0963. The van der Waals surface area contributed by atoms with E-state index in [2.05, 4.69) is 20.6 Å². The van der Waals surface area contributed by atoms with Gasteiger partial charge in [-0.15, -0.1) is 0 Å². The van der Waals surface area contributed by atoms with Gasteiger partial charge in [0.2, 0.25) is 0 Å². The van der Waals surface area contributed by atoms with Crippen molar-refractivity contribution in [2.75, 3.05) is 19.5 Å². The van der Waals surface area contributed by atoms with Gasteiger partial charge in [-0.3, -0.25) is 15.1 Å². The number of thiazole rings is 1. The minimum atomic E-state index is -0.579. The van der Waals surface area contributed by atoms with Crippen LogP contribution >= 0.6 is 11.3 Å². The number of anilines is 1. The highest BCUT2D eigenvalue weighted by molar-refractivity contribution is 7.19. The second kappa shape index (κ2) is 8.75. The molecule has 0 atom stereocenters. The van der Waals surface area contributed by atoms with Gasteiger partial charge < -0.3 is 10.1 Å². The van der Waals surface area contributed by atoms with Crippen molar-refractivity contribution in [1.29, 1.82) is 0 Å². The Labute approximate surface area is 200 Å². The first-order chi connectivity index (χ1) is 16.5. The maximum atomic E-state index is 12.1. The molecule has 2 radical (unpaired) electrons. The van der Waals surface area contributed by atoms with E-state index in [9.17, 15) is 9.59 Å². The summed E-state index contributed by atoms with van der Waals surface area (Å²) in [7, 11) is 9.28. The van der Waals surface area contributed by atoms with Gasteiger partial charge in [-0.25, -0.2) is 14.5 Å². The van der Waals surface area contributed by atoms with Gasteiger partial charge in [-0.05, 0) is 37.1 Å². The summed E-state index contributed by atoms with van der Waals surface area (Å²) in [5, 5.41) is 10.6. The second-order valence-electron chi connectivity index (χ2n) is 7.59. The summed E-state index contributed by atoms with van der Waals surface area (Å²) < 4.78 is 6.50. The fraction of sp³-hybridized carbons (Fsp3) is 0.174. The first kappa shape index (κ1) is 21.8. The number of pyridine rings is 1. The fourth-order valence-electron chi connectivity index (χ4n) is 4.00. The van der Waals surface area contributed by atoms with Gasteiger partial charge in [0, 0.05) is 36.1 Å². The summed E-state index contributed by atoms with van der Waals surface area (Å²) in [4.78, 5) is 33.5. The number of carbonyl (C=O) groups is 2. The number of ether oxygens (including phenoxy) is 1. The van der Waals surface area contributed by atoms with Gasteiger partial charge in [0.15, 0.2) is 5.13 Å². The molecule has 34 heavy (non-hydrogen) atoms. The molecule has 1 aromatic carbocycles. The van der Waals surface area contributed by atoms with Gasteiger partial charge in [0.05, 0.1) is 34.8 Å². The van der Waals surface area contributed by atoms with E-state index in [-0.39, 0.29) is 5.91 Å². The molecule has 0 aliphatic heterocycles. The minimum Gasteiger partial charge on any atom is -0.453 e. The van der Waals surface area contributed by atoms with Crippen LogP contribution in [-0.4, -0.2) is 53.8 Å². The molecule has 0 bridgehead atoms. The second-order valence-corrected chi connectivity index (χ2v) is 8.59. The van der Waals surface area contributed by atoms with Crippen molar-refractivity contribution in [1.82, 2.24) is 25.1 Å². The number of nitrogens with zero attached hydrogens (tertiary/aromatic N) is 4. The molecule has 2 amide bonds. The lowest BCUT2D eigenvalue weighted by Gasteiger charge is -2.16. The maximum absolute atomic E-state index is 12.1. The quantitative estimate of drug-likeness (QED) is 0.444. The predicted molar refractivity (Wildman–Crippen MR) is 130 cm³/mol. The maximum Gasteiger partial charge on any atom is 0.413 e. The molecule has 11 heteroatoms. The van der Waals surface area contributed by atoms with Crippen LogP contribution < -0.4 is 16.1 Å². The normalized spacial score (nSPS) is 11.9. The van der Waals surface area contributed by atoms with Crippen LogP contribution in [0.25, 0.3) is 27.5 Å². The summed E-state index contributed by atoms with van der Waals surface area (Å²) >= 11 is 1.35. The Balaban J connectivity index is 1.70. The van der Waals surface area contributed by atoms with Gasteiger partial charge in [0.25, 0.3) is 5.91 Å². The SMILES string of the molecule is [B]c1cc(C(=O)NC)ccc1-n1nc(-c2cccnc2)c2c1-c1sc(NC(=O)OC)nc1CC2. The van der Waals surface area contributed by atoms with Gasteiger partial charge in [-0.1, -0.05) is 22.9 Å². The van der Waals surface area contributed by atoms with E-state index >= 15 is 0 Å². The van der Waals surface area contributed by atoms with E-state index in [4.69, 9.17) is 17.7 Å². The zero-order chi connectivity index (χ0) is 23.8. The molecule has 1 aliphatic rings. The highest BCUT2D eigenvalue weighted by Crippen LogP contribution is 2.43. The number of methoxy groups -OCH3 is 1. The Morgan fingerprint density at radius 3 is 2.79 bits per heavy atom. The number of fused-ring (bicyclic) bond motifs is 3. The van der Waals surface area contributed by atoms with Crippen LogP contribution in [0.4, 0.5) is 9.93 Å². The van der Waals surface area contributed by atoms with E-state index in [1.54, 1.807) is 42.3 Å². The van der Waals surface area contributed by atoms with Crippen molar-refractivity contribution in [3.8, 4) is 27.5 Å². The third-order valence-corrected chi connectivity index (χ3v) is 6.60. The molecule has 1 aliphatic carbocycles. The Morgan fingerprint density at radius 1 is 1.24 bits per heavy atom. The summed E-state index contributed by atoms with van der Waals surface area (Å²) in [6, 6.07) is 8.95. The number of aryl methyl sites for hydroxylation is 1. The first-order valence-electron chi connectivity index (χ1n) is 10.5. The van der Waals surface area contributed by atoms with Crippen LogP contribution in [0, 0.1) is 0 Å². The van der Waals surface area contributed by atoms with Crippen molar-refractivity contribution >= 4 is 41.8 Å². The molecular weight excluding hydrogens is 451 g/mol. The Hall–Kier alpha value is -3.99. The lowest BCUT2D eigenvalue weighted by Crippen LogP contribution is -2.22. The van der Waals surface area contributed by atoms with E-state index in [1.165, 1.54) is 18.4 Å². The summed E-state index contributed by atoms with van der Waals surface area (Å²) in [5.41, 5.74) is 5.97. The number of nitrogens with one attached hydrogen (secondary N) is 2. The summed E-state index contributed by atoms with van der Waals surface area (Å²) in [6.07, 6.45) is 4.33. The van der Waals surface area contributed by atoms with E-state index in [0.29, 0.717) is 34.7 Å². The topological polar surface area (TPSA) is 111 Å². The summed E-state index contributed by atoms with van der Waals surface area (Å²) in [6.45, 7) is 0. The van der Waals surface area contributed by atoms with Crippen LogP contribution in [0.15, 0.2) is 42.7 Å². The van der Waals surface area contributed by atoms with Crippen molar-refractivity contribution in [2.24, 2.45) is 0 Å². The summed E-state index contributed by atoms with van der Waals surface area (Å²) in [5.74, 6) is -0.222. The van der Waals surface area contributed by atoms with E-state index in [1.807, 2.05) is 12.1 Å². The van der Waals surface area contributed by atoms with Crippen LogP contribution in [-0.2, 0) is 17.6 Å². The zero-order valence-electron chi connectivity index (χ0n) is 18.5. The molecule has 0 unspecified atom stereocenters. The monoisotopic (exact) mass is 470 g/mol. The van der Waals surface area contributed by atoms with Gasteiger partial charge in [-0.2, -0.15) is 5.10 Å². The number of aromatic nitrogens is 4. The predicted octanol–water partition coefficient (Wildman–Crippen LogP) is 2.49.